The van der Waals surface area contributed by atoms with Crippen LogP contribution in [-0.2, 0) is 4.74 Å². The Morgan fingerprint density at radius 2 is 1.82 bits per heavy atom. The third kappa shape index (κ3) is 4.87. The van der Waals surface area contributed by atoms with Gasteiger partial charge in [-0.3, -0.25) is 14.9 Å². The van der Waals surface area contributed by atoms with Gasteiger partial charge in [-0.25, -0.2) is 4.79 Å². The molecule has 3 atom stereocenters. The first-order valence-corrected chi connectivity index (χ1v) is 12.6. The largest absolute Gasteiger partial charge is 0.444 e. The highest BCUT2D eigenvalue weighted by molar-refractivity contribution is 9.10. The van der Waals surface area contributed by atoms with Crippen molar-refractivity contribution in [2.45, 2.75) is 59.1 Å². The van der Waals surface area contributed by atoms with E-state index in [0.29, 0.717) is 42.5 Å². The van der Waals surface area contributed by atoms with Crippen LogP contribution >= 0.6 is 15.9 Å². The van der Waals surface area contributed by atoms with E-state index < -0.39 is 16.6 Å². The number of nitro benzene ring substituents is 1. The maximum atomic E-state index is 13.5. The highest BCUT2D eigenvalue weighted by Crippen LogP contribution is 2.62. The molecule has 1 aliphatic carbocycles. The molecule has 2 heterocycles. The molecule has 3 aliphatic rings. The van der Waals surface area contributed by atoms with Crippen LogP contribution in [0.1, 0.15) is 57.8 Å². The van der Waals surface area contributed by atoms with E-state index in [-0.39, 0.29) is 34.3 Å². The highest BCUT2D eigenvalue weighted by Gasteiger charge is 2.62. The number of anilines is 1. The topological polar surface area (TPSA) is 105 Å². The molecular weight excluding hydrogens is 504 g/mol. The van der Waals surface area contributed by atoms with Crippen LogP contribution in [0.3, 0.4) is 0 Å². The van der Waals surface area contributed by atoms with E-state index >= 15 is 0 Å². The van der Waals surface area contributed by atoms with Crippen LogP contribution in [0.2, 0.25) is 0 Å². The summed E-state index contributed by atoms with van der Waals surface area (Å²) in [7, 11) is 0. The van der Waals surface area contributed by atoms with Gasteiger partial charge in [0.2, 0.25) is 0 Å². The molecule has 34 heavy (non-hydrogen) atoms. The molecule has 1 aromatic rings. The number of nitrogens with one attached hydrogen (secondary N) is 1. The van der Waals surface area contributed by atoms with E-state index in [0.717, 1.165) is 12.8 Å². The van der Waals surface area contributed by atoms with Crippen molar-refractivity contribution in [3.63, 3.8) is 0 Å². The number of piperidine rings is 2. The first kappa shape index (κ1) is 24.8. The van der Waals surface area contributed by atoms with Gasteiger partial charge >= 0.3 is 6.09 Å². The number of ether oxygens (including phenoxy) is 1. The third-order valence-electron chi connectivity index (χ3n) is 7.34. The number of fused-ring (bicyclic) bond motifs is 1. The Balaban J connectivity index is 1.56. The molecule has 9 nitrogen and oxygen atoms in total. The minimum absolute atomic E-state index is 0.156. The number of carbonyl (C=O) groups is 2. The second kappa shape index (κ2) is 8.70. The van der Waals surface area contributed by atoms with E-state index in [1.807, 2.05) is 25.7 Å². The zero-order valence-electron chi connectivity index (χ0n) is 20.4. The predicted octanol–water partition coefficient (Wildman–Crippen LogP) is 4.90. The quantitative estimate of drug-likeness (QED) is 0.433. The molecule has 3 fully saturated rings. The summed E-state index contributed by atoms with van der Waals surface area (Å²) in [6, 6.07) is 2.83. The van der Waals surface area contributed by atoms with Crippen LogP contribution < -0.4 is 5.32 Å². The Morgan fingerprint density at radius 1 is 1.18 bits per heavy atom. The lowest BCUT2D eigenvalue weighted by Gasteiger charge is -2.35. The van der Waals surface area contributed by atoms with Crippen molar-refractivity contribution in [3.05, 3.63) is 32.3 Å². The summed E-state index contributed by atoms with van der Waals surface area (Å²) in [5, 5.41) is 15.2. The summed E-state index contributed by atoms with van der Waals surface area (Å²) in [4.78, 5) is 41.0. The van der Waals surface area contributed by atoms with Crippen LogP contribution in [0, 0.1) is 27.4 Å². The maximum absolute atomic E-state index is 13.5. The molecule has 1 aromatic carbocycles. The van der Waals surface area contributed by atoms with Crippen molar-refractivity contribution in [2.75, 3.05) is 31.5 Å². The molecular formula is C24H33BrN4O5. The van der Waals surface area contributed by atoms with Crippen molar-refractivity contribution in [1.29, 1.82) is 0 Å². The fraction of sp³-hybridized carbons (Fsp3) is 0.667. The number of hydrogen-bond acceptors (Lipinski definition) is 6. The van der Waals surface area contributed by atoms with Gasteiger partial charge in [-0.2, -0.15) is 0 Å². The fourth-order valence-electron chi connectivity index (χ4n) is 5.32. The Morgan fingerprint density at radius 3 is 2.41 bits per heavy atom. The van der Waals surface area contributed by atoms with E-state index in [1.165, 1.54) is 6.07 Å². The Hall–Kier alpha value is -2.36. The van der Waals surface area contributed by atoms with E-state index in [9.17, 15) is 19.7 Å². The molecule has 10 heteroatoms. The molecule has 0 aromatic heterocycles. The van der Waals surface area contributed by atoms with Gasteiger partial charge in [0.05, 0.1) is 10.5 Å². The molecule has 2 saturated heterocycles. The Kier molecular flexibility index (Phi) is 6.33. The van der Waals surface area contributed by atoms with Gasteiger partial charge in [-0.05, 0) is 56.9 Å². The second-order valence-corrected chi connectivity index (χ2v) is 12.2. The van der Waals surface area contributed by atoms with Gasteiger partial charge < -0.3 is 19.9 Å². The summed E-state index contributed by atoms with van der Waals surface area (Å²) < 4.78 is 5.98. The summed E-state index contributed by atoms with van der Waals surface area (Å²) in [6.07, 6.45) is 1.05. The van der Waals surface area contributed by atoms with Crippen LogP contribution in [0.25, 0.3) is 0 Å². The van der Waals surface area contributed by atoms with Gasteiger partial charge in [0.25, 0.3) is 11.6 Å². The van der Waals surface area contributed by atoms with Crippen molar-refractivity contribution in [1.82, 2.24) is 9.80 Å². The fourth-order valence-corrected chi connectivity index (χ4v) is 5.76. The molecule has 0 radical (unpaired) electrons. The number of nitro groups is 1. The van der Waals surface area contributed by atoms with E-state index in [1.54, 1.807) is 11.0 Å². The number of likely N-dealkylation sites (tertiary alicyclic amines) is 2. The lowest BCUT2D eigenvalue weighted by Crippen LogP contribution is -2.47. The predicted molar refractivity (Wildman–Crippen MR) is 132 cm³/mol. The standard InChI is InChI=1S/C24H33BrN4O5/c1-23(2,3)34-22(31)27-8-6-7-15(11-27)26-20-16(9-14(25)10-19(20)29(32)33)21(30)28-12-17-18(13-28)24(17,4)5/h9-10,15,17-18,26H,6-8,11-13H2,1-5H3/t15-,17?,18?/m1/s1. The number of nitrogens with zero attached hydrogens (tertiary/aromatic N) is 3. The number of carbonyl (C=O) groups excluding carboxylic acids is 2. The Labute approximate surface area is 208 Å². The summed E-state index contributed by atoms with van der Waals surface area (Å²) in [5.74, 6) is 0.765. The molecule has 1 N–H and O–H groups in total. The van der Waals surface area contributed by atoms with Crippen LogP contribution in [0.4, 0.5) is 16.2 Å². The van der Waals surface area contributed by atoms with E-state index in [4.69, 9.17) is 4.74 Å². The van der Waals surface area contributed by atoms with Crippen molar-refractivity contribution in [2.24, 2.45) is 17.3 Å². The van der Waals surface area contributed by atoms with Gasteiger partial charge in [0, 0.05) is 42.8 Å². The molecule has 2 unspecified atom stereocenters. The summed E-state index contributed by atoms with van der Waals surface area (Å²) >= 11 is 3.34. The number of hydrogen-bond donors (Lipinski definition) is 1. The number of amides is 2. The first-order valence-electron chi connectivity index (χ1n) is 11.8. The normalized spacial score (nSPS) is 25.5. The van der Waals surface area contributed by atoms with Gasteiger partial charge in [0.15, 0.2) is 0 Å². The monoisotopic (exact) mass is 536 g/mol. The van der Waals surface area contributed by atoms with Gasteiger partial charge in [-0.15, -0.1) is 0 Å². The average molecular weight is 537 g/mol. The Bertz CT molecular complexity index is 1010. The maximum Gasteiger partial charge on any atom is 0.410 e. The van der Waals surface area contributed by atoms with Crippen molar-refractivity contribution < 1.29 is 19.2 Å². The molecule has 0 spiro atoms. The molecule has 0 bridgehead atoms. The summed E-state index contributed by atoms with van der Waals surface area (Å²) in [6.45, 7) is 12.1. The van der Waals surface area contributed by atoms with Crippen LogP contribution in [-0.4, -0.2) is 64.5 Å². The molecule has 2 amide bonds. The zero-order valence-corrected chi connectivity index (χ0v) is 22.0. The van der Waals surface area contributed by atoms with Gasteiger partial charge in [0.1, 0.15) is 11.3 Å². The lowest BCUT2D eigenvalue weighted by molar-refractivity contribution is -0.384. The first-order chi connectivity index (χ1) is 15.8. The minimum Gasteiger partial charge on any atom is -0.444 e. The summed E-state index contributed by atoms with van der Waals surface area (Å²) in [5.41, 5.74) is 0.00129. The molecule has 186 valence electrons. The number of benzene rings is 1. The second-order valence-electron chi connectivity index (χ2n) is 11.3. The average Bonchev–Trinajstić information content (AvgIpc) is 3.06. The van der Waals surface area contributed by atoms with Crippen molar-refractivity contribution in [3.8, 4) is 0 Å². The molecule has 2 aliphatic heterocycles. The molecule has 1 saturated carbocycles. The number of halogens is 1. The van der Waals surface area contributed by atoms with Crippen LogP contribution in [0.5, 0.6) is 0 Å². The number of rotatable bonds is 4. The minimum atomic E-state index is -0.605. The molecule has 4 rings (SSSR count). The van der Waals surface area contributed by atoms with E-state index in [2.05, 4.69) is 35.1 Å². The van der Waals surface area contributed by atoms with Crippen LogP contribution in [0.15, 0.2) is 16.6 Å². The smallest absolute Gasteiger partial charge is 0.410 e. The SMILES string of the molecule is CC(C)(C)OC(=O)N1CCC[C@@H](Nc2c(C(=O)N3CC4C(C3)C4(C)C)cc(Br)cc2[N+](=O)[O-])C1. The lowest BCUT2D eigenvalue weighted by atomic mass is 10.0. The van der Waals surface area contributed by atoms with Gasteiger partial charge in [-0.1, -0.05) is 29.8 Å². The third-order valence-corrected chi connectivity index (χ3v) is 7.80. The zero-order chi connectivity index (χ0) is 25.0. The highest BCUT2D eigenvalue weighted by atomic mass is 79.9. The van der Waals surface area contributed by atoms with Crippen molar-refractivity contribution >= 4 is 39.3 Å².